The maximum Gasteiger partial charge on any atom is 0.411 e. The number of amidine groups is 2. The van der Waals surface area contributed by atoms with E-state index < -0.39 is 28.9 Å². The van der Waals surface area contributed by atoms with Gasteiger partial charge in [-0.05, 0) is 95.7 Å². The van der Waals surface area contributed by atoms with E-state index in [2.05, 4.69) is 19.1 Å². The highest BCUT2D eigenvalue weighted by atomic mass is 19.4. The molecule has 368 valence electrons. The van der Waals surface area contributed by atoms with Crippen molar-refractivity contribution in [2.45, 2.75) is 71.3 Å². The van der Waals surface area contributed by atoms with Crippen molar-refractivity contribution in [1.82, 2.24) is 0 Å². The second-order valence-electron chi connectivity index (χ2n) is 17.9. The largest absolute Gasteiger partial charge is 0.411 e. The van der Waals surface area contributed by atoms with Crippen LogP contribution in [0.25, 0.3) is 28.0 Å². The van der Waals surface area contributed by atoms with Crippen LogP contribution in [0.15, 0.2) is 237 Å². The first-order valence-electron chi connectivity index (χ1n) is 24.2. The van der Waals surface area contributed by atoms with Crippen LogP contribution in [0.5, 0.6) is 0 Å². The summed E-state index contributed by atoms with van der Waals surface area (Å²) < 4.78 is 92.4. The molecule has 0 fully saturated rings. The van der Waals surface area contributed by atoms with Crippen LogP contribution in [0, 0.1) is 0 Å². The molecule has 0 spiro atoms. The number of hydrogen-bond donors (Lipinski definition) is 0. The van der Waals surface area contributed by atoms with Gasteiger partial charge in [-0.15, -0.1) is 0 Å². The van der Waals surface area contributed by atoms with Crippen LogP contribution in [0.2, 0.25) is 0 Å². The Morgan fingerprint density at radius 2 is 0.890 bits per heavy atom. The minimum absolute atomic E-state index is 0.373. The molecule has 0 saturated heterocycles. The van der Waals surface area contributed by atoms with Crippen molar-refractivity contribution in [3.63, 3.8) is 0 Å². The highest BCUT2D eigenvalue weighted by Crippen LogP contribution is 2.56. The topological polar surface area (TPSA) is 49.4 Å². The Kier molecular flexibility index (Phi) is 15.9. The lowest BCUT2D eigenvalue weighted by molar-refractivity contribution is -0.288. The molecule has 10 heteroatoms. The van der Waals surface area contributed by atoms with Crippen LogP contribution in [-0.4, -0.2) is 35.4 Å². The zero-order valence-electron chi connectivity index (χ0n) is 41.0. The molecule has 0 aromatic heterocycles. The first-order chi connectivity index (χ1) is 35.2. The lowest BCUT2D eigenvalue weighted by atomic mass is 9.72. The van der Waals surface area contributed by atoms with E-state index >= 15 is 26.3 Å². The minimum atomic E-state index is -5.76. The highest BCUT2D eigenvalue weighted by molar-refractivity contribution is 6.14. The normalized spacial score (nSPS) is 14.5. The van der Waals surface area contributed by atoms with Gasteiger partial charge in [0.05, 0.1) is 12.2 Å². The molecule has 0 N–H and O–H groups in total. The van der Waals surface area contributed by atoms with Gasteiger partial charge in [-0.25, -0.2) is 15.0 Å². The first-order valence-corrected chi connectivity index (χ1v) is 24.2. The molecule has 73 heavy (non-hydrogen) atoms. The maximum atomic E-state index is 15.4. The summed E-state index contributed by atoms with van der Waals surface area (Å²) in [4.78, 5) is 19.9. The monoisotopic (exact) mass is 980 g/mol. The zero-order valence-corrected chi connectivity index (χ0v) is 41.0. The molecule has 1 aliphatic rings. The second kappa shape index (κ2) is 22.6. The summed E-state index contributed by atoms with van der Waals surface area (Å²) in [5.41, 5.74) is 4.44. The quantitative estimate of drug-likeness (QED) is 0.0628. The molecule has 0 bridgehead atoms. The van der Waals surface area contributed by atoms with E-state index in [1.165, 1.54) is 24.3 Å². The van der Waals surface area contributed by atoms with Crippen molar-refractivity contribution in [3.8, 4) is 22.3 Å². The number of hydrogen-bond acceptors (Lipinski definition) is 2. The van der Waals surface area contributed by atoms with Crippen LogP contribution in [-0.2, 0) is 12.0 Å². The Morgan fingerprint density at radius 1 is 0.452 bits per heavy atom. The molecule has 0 amide bonds. The van der Waals surface area contributed by atoms with Crippen molar-refractivity contribution in [3.05, 3.63) is 256 Å². The summed E-state index contributed by atoms with van der Waals surface area (Å²) >= 11 is 0. The van der Waals surface area contributed by atoms with Crippen LogP contribution < -0.4 is 0 Å². The number of allylic oxidation sites excluding steroid dienone is 5. The molecule has 7 aromatic rings. The number of alkyl halides is 6. The molecule has 0 unspecified atom stereocenters. The van der Waals surface area contributed by atoms with E-state index in [9.17, 15) is 0 Å². The van der Waals surface area contributed by atoms with E-state index in [-0.39, 0.29) is 0 Å². The minimum Gasteiger partial charge on any atom is -0.261 e. The fourth-order valence-electron chi connectivity index (χ4n) is 8.81. The SMILES string of the molecule is CC/C(C)=C(\N=C(N=C(C)C1=CCCC=C1)c1ccc(-c2ccc(C(c3ccc(-c4ccc(C(N=C(C)c5ccccc5)=NCc5ccccc5)cc4)cc3)(C(F)(F)F)C(F)(F)F)cc2)cc1)c1ccccc1. The van der Waals surface area contributed by atoms with Crippen molar-refractivity contribution < 1.29 is 26.3 Å². The summed E-state index contributed by atoms with van der Waals surface area (Å²) in [5, 5.41) is 0. The molecule has 0 radical (unpaired) electrons. The number of nitrogens with zero attached hydrogens (tertiary/aromatic N) is 4. The molecule has 0 saturated carbocycles. The lowest BCUT2D eigenvalue weighted by Gasteiger charge is -2.38. The molecule has 0 aliphatic heterocycles. The molecule has 8 rings (SSSR count). The predicted molar refractivity (Wildman–Crippen MR) is 287 cm³/mol. The van der Waals surface area contributed by atoms with Gasteiger partial charge in [0.1, 0.15) is 0 Å². The summed E-state index contributed by atoms with van der Waals surface area (Å²) in [5.74, 6) is 0.940. The van der Waals surface area contributed by atoms with E-state index in [1.807, 2.05) is 130 Å². The number of halogens is 6. The van der Waals surface area contributed by atoms with Gasteiger partial charge in [0.2, 0.25) is 5.41 Å². The van der Waals surface area contributed by atoms with Crippen LogP contribution in [0.3, 0.4) is 0 Å². The standard InChI is InChI=1S/C63H54F6N4/c1-5-43(2)58(53-24-16-9-17-25-53)73-60(72-45(4)48-22-14-8-15-23-48)55-32-28-50(29-33-55)52-36-40-57(41-37-52)61(62(64,65)66,63(67,68)69)56-38-34-51(35-39-56)49-26-30-54(31-27-49)59(70-42-46-18-10-6-11-19-46)71-44(3)47-20-12-7-13-21-47/h6-7,9-14,16-41H,5,8,15,42H2,1-4H3/b58-43-,70-59?,71-44?,72-45?,73-60?. The Morgan fingerprint density at radius 3 is 1.34 bits per heavy atom. The van der Waals surface area contributed by atoms with Crippen molar-refractivity contribution in [1.29, 1.82) is 0 Å². The van der Waals surface area contributed by atoms with Crippen molar-refractivity contribution in [2.75, 3.05) is 0 Å². The van der Waals surface area contributed by atoms with Crippen molar-refractivity contribution >= 4 is 28.8 Å². The predicted octanol–water partition coefficient (Wildman–Crippen LogP) is 17.2. The Bertz CT molecular complexity index is 3200. The molecule has 0 heterocycles. The molecule has 7 aromatic carbocycles. The van der Waals surface area contributed by atoms with Gasteiger partial charge in [0.25, 0.3) is 0 Å². The molecule has 4 nitrogen and oxygen atoms in total. The van der Waals surface area contributed by atoms with Crippen LogP contribution in [0.4, 0.5) is 26.3 Å². The summed E-state index contributed by atoms with van der Waals surface area (Å²) in [7, 11) is 0. The molecule has 0 atom stereocenters. The van der Waals surface area contributed by atoms with Crippen LogP contribution in [0.1, 0.15) is 85.9 Å². The molecule has 1 aliphatic carbocycles. The number of benzene rings is 7. The summed E-state index contributed by atoms with van der Waals surface area (Å²) in [6.45, 7) is 8.30. The number of rotatable bonds is 13. The Hall–Kier alpha value is -7.98. The number of aliphatic imine (C=N–C) groups is 4. The lowest BCUT2D eigenvalue weighted by Crippen LogP contribution is -2.54. The van der Waals surface area contributed by atoms with E-state index in [0.29, 0.717) is 51.6 Å². The van der Waals surface area contributed by atoms with E-state index in [1.54, 1.807) is 36.4 Å². The summed E-state index contributed by atoms with van der Waals surface area (Å²) in [6.07, 6.45) is -2.61. The van der Waals surface area contributed by atoms with Gasteiger partial charge >= 0.3 is 12.4 Å². The van der Waals surface area contributed by atoms with Gasteiger partial charge in [-0.3, -0.25) is 4.99 Å². The molecular weight excluding hydrogens is 927 g/mol. The average molecular weight is 981 g/mol. The average Bonchev–Trinajstić information content (AvgIpc) is 3.41. The van der Waals surface area contributed by atoms with Gasteiger partial charge in [0.15, 0.2) is 11.7 Å². The van der Waals surface area contributed by atoms with Gasteiger partial charge in [-0.2, -0.15) is 26.3 Å². The zero-order chi connectivity index (χ0) is 51.6. The third-order valence-electron chi connectivity index (χ3n) is 13.0. The third-order valence-corrected chi connectivity index (χ3v) is 13.0. The summed E-state index contributed by atoms with van der Waals surface area (Å²) in [6, 6.07) is 52.4. The third kappa shape index (κ3) is 11.7. The second-order valence-corrected chi connectivity index (χ2v) is 17.9. The highest BCUT2D eigenvalue weighted by Gasteiger charge is 2.72. The smallest absolute Gasteiger partial charge is 0.261 e. The first kappa shape index (κ1) is 51.4. The Labute approximate surface area is 423 Å². The fraction of sp³-hybridized carbons (Fsp3) is 0.175. The van der Waals surface area contributed by atoms with E-state index in [4.69, 9.17) is 20.0 Å². The van der Waals surface area contributed by atoms with Crippen molar-refractivity contribution in [2.24, 2.45) is 20.0 Å². The van der Waals surface area contributed by atoms with E-state index in [0.717, 1.165) is 88.5 Å². The van der Waals surface area contributed by atoms with Gasteiger partial charge < -0.3 is 0 Å². The van der Waals surface area contributed by atoms with Gasteiger partial charge in [-0.1, -0.05) is 213 Å². The fourth-order valence-corrected chi connectivity index (χ4v) is 8.81. The Balaban J connectivity index is 1.09. The van der Waals surface area contributed by atoms with Gasteiger partial charge in [0, 0.05) is 28.1 Å². The molecular formula is C63H54F6N4. The van der Waals surface area contributed by atoms with Crippen LogP contribution >= 0.6 is 0 Å². The maximum absolute atomic E-state index is 15.4.